The van der Waals surface area contributed by atoms with Crippen LogP contribution in [0.1, 0.15) is 17.3 Å². The van der Waals surface area contributed by atoms with Crippen LogP contribution < -0.4 is 10.1 Å². The molecule has 0 aliphatic rings. The van der Waals surface area contributed by atoms with Crippen LogP contribution in [-0.4, -0.2) is 17.5 Å². The highest BCUT2D eigenvalue weighted by atomic mass is 19.1. The first-order valence-electron chi connectivity index (χ1n) is 5.85. The average Bonchev–Trinajstić information content (AvgIpc) is 2.39. The van der Waals surface area contributed by atoms with E-state index in [0.717, 1.165) is 0 Å². The van der Waals surface area contributed by atoms with Crippen LogP contribution in [0.5, 0.6) is 5.88 Å². The summed E-state index contributed by atoms with van der Waals surface area (Å²) in [5, 5.41) is 2.60. The molecule has 1 aromatic carbocycles. The summed E-state index contributed by atoms with van der Waals surface area (Å²) in [4.78, 5) is 16.1. The van der Waals surface area contributed by atoms with E-state index in [2.05, 4.69) is 10.3 Å². The Morgan fingerprint density at radius 3 is 2.95 bits per heavy atom. The van der Waals surface area contributed by atoms with E-state index < -0.39 is 5.82 Å². The topological polar surface area (TPSA) is 51.2 Å². The Labute approximate surface area is 110 Å². The molecule has 0 aliphatic heterocycles. The summed E-state index contributed by atoms with van der Waals surface area (Å²) in [6.45, 7) is 2.22. The molecule has 1 amide bonds. The van der Waals surface area contributed by atoms with Gasteiger partial charge in [0.1, 0.15) is 11.4 Å². The highest BCUT2D eigenvalue weighted by Gasteiger charge is 2.13. The minimum Gasteiger partial charge on any atom is -0.477 e. The third kappa shape index (κ3) is 3.28. The lowest BCUT2D eigenvalue weighted by atomic mass is 10.2. The van der Waals surface area contributed by atoms with Crippen LogP contribution in [-0.2, 0) is 0 Å². The lowest BCUT2D eigenvalue weighted by Gasteiger charge is -2.09. The van der Waals surface area contributed by atoms with Crippen molar-refractivity contribution in [3.05, 3.63) is 54.0 Å². The van der Waals surface area contributed by atoms with E-state index in [4.69, 9.17) is 4.74 Å². The van der Waals surface area contributed by atoms with Gasteiger partial charge in [-0.2, -0.15) is 0 Å². The fourth-order valence-electron chi connectivity index (χ4n) is 1.58. The molecule has 5 heteroatoms. The number of anilines is 1. The normalized spacial score (nSPS) is 10.0. The van der Waals surface area contributed by atoms with Crippen molar-refractivity contribution in [2.24, 2.45) is 0 Å². The minimum absolute atomic E-state index is 0.263. The van der Waals surface area contributed by atoms with E-state index >= 15 is 0 Å². The second kappa shape index (κ2) is 5.95. The molecular weight excluding hydrogens is 247 g/mol. The highest BCUT2D eigenvalue weighted by Crippen LogP contribution is 2.17. The fourth-order valence-corrected chi connectivity index (χ4v) is 1.58. The summed E-state index contributed by atoms with van der Waals surface area (Å²) >= 11 is 0. The molecule has 0 bridgehead atoms. The van der Waals surface area contributed by atoms with Gasteiger partial charge in [0.2, 0.25) is 5.88 Å². The number of benzene rings is 1. The van der Waals surface area contributed by atoms with E-state index in [0.29, 0.717) is 17.9 Å². The number of nitrogens with zero attached hydrogens (tertiary/aromatic N) is 1. The van der Waals surface area contributed by atoms with E-state index in [1.165, 1.54) is 18.2 Å². The second-order valence-corrected chi connectivity index (χ2v) is 3.75. The van der Waals surface area contributed by atoms with Crippen LogP contribution in [0.15, 0.2) is 42.6 Å². The van der Waals surface area contributed by atoms with Gasteiger partial charge >= 0.3 is 0 Å². The molecule has 1 aromatic heterocycles. The number of carbonyl (C=O) groups excluding carboxylic acids is 1. The number of carbonyl (C=O) groups is 1. The van der Waals surface area contributed by atoms with Crippen LogP contribution in [0, 0.1) is 5.82 Å². The summed E-state index contributed by atoms with van der Waals surface area (Å²) in [7, 11) is 0. The summed E-state index contributed by atoms with van der Waals surface area (Å²) in [6.07, 6.45) is 1.55. The quantitative estimate of drug-likeness (QED) is 0.919. The van der Waals surface area contributed by atoms with Crippen molar-refractivity contribution in [3.8, 4) is 5.88 Å². The maximum atomic E-state index is 13.0. The van der Waals surface area contributed by atoms with E-state index in [1.807, 2.05) is 6.92 Å². The predicted molar refractivity (Wildman–Crippen MR) is 69.8 cm³/mol. The molecule has 2 rings (SSSR count). The Bertz CT molecular complexity index is 587. The Morgan fingerprint density at radius 2 is 2.21 bits per heavy atom. The molecule has 0 aliphatic carbocycles. The molecule has 0 spiro atoms. The predicted octanol–water partition coefficient (Wildman–Crippen LogP) is 2.87. The number of pyridine rings is 1. The van der Waals surface area contributed by atoms with Crippen LogP contribution in [0.4, 0.5) is 10.1 Å². The zero-order chi connectivity index (χ0) is 13.7. The van der Waals surface area contributed by atoms with E-state index in [-0.39, 0.29) is 11.8 Å². The molecule has 0 unspecified atom stereocenters. The number of aromatic nitrogens is 1. The SMILES string of the molecule is CCOc1ncccc1C(=O)Nc1cccc(F)c1. The Morgan fingerprint density at radius 1 is 1.37 bits per heavy atom. The van der Waals surface area contributed by atoms with Gasteiger partial charge in [0.15, 0.2) is 0 Å². The van der Waals surface area contributed by atoms with Crippen LogP contribution >= 0.6 is 0 Å². The summed E-state index contributed by atoms with van der Waals surface area (Å²) in [5.74, 6) is -0.532. The smallest absolute Gasteiger partial charge is 0.261 e. The van der Waals surface area contributed by atoms with Gasteiger partial charge < -0.3 is 10.1 Å². The number of amides is 1. The standard InChI is InChI=1S/C14H13FN2O2/c1-2-19-14-12(7-4-8-16-14)13(18)17-11-6-3-5-10(15)9-11/h3-9H,2H2,1H3,(H,17,18). The molecule has 1 N–H and O–H groups in total. The Hall–Kier alpha value is -2.43. The monoisotopic (exact) mass is 260 g/mol. The zero-order valence-electron chi connectivity index (χ0n) is 10.4. The molecular formula is C14H13FN2O2. The molecule has 98 valence electrons. The molecule has 0 atom stereocenters. The first kappa shape index (κ1) is 13.0. The van der Waals surface area contributed by atoms with Crippen LogP contribution in [0.2, 0.25) is 0 Å². The molecule has 0 saturated heterocycles. The largest absolute Gasteiger partial charge is 0.477 e. The Kier molecular flexibility index (Phi) is 4.07. The third-order valence-corrected chi connectivity index (χ3v) is 2.38. The Balaban J connectivity index is 2.20. The van der Waals surface area contributed by atoms with Gasteiger partial charge in [0.05, 0.1) is 6.61 Å². The number of hydrogen-bond donors (Lipinski definition) is 1. The third-order valence-electron chi connectivity index (χ3n) is 2.38. The minimum atomic E-state index is -0.408. The molecule has 0 radical (unpaired) electrons. The number of ether oxygens (including phenoxy) is 1. The number of nitrogens with one attached hydrogen (secondary N) is 1. The highest BCUT2D eigenvalue weighted by molar-refractivity contribution is 6.05. The van der Waals surface area contributed by atoms with Crippen molar-refractivity contribution in [1.82, 2.24) is 4.98 Å². The summed E-state index contributed by atoms with van der Waals surface area (Å²) in [5.41, 5.74) is 0.699. The van der Waals surface area contributed by atoms with Crippen molar-refractivity contribution >= 4 is 11.6 Å². The van der Waals surface area contributed by atoms with Gasteiger partial charge in [-0.3, -0.25) is 4.79 Å². The number of rotatable bonds is 4. The molecule has 2 aromatic rings. The number of halogens is 1. The maximum Gasteiger partial charge on any atom is 0.261 e. The van der Waals surface area contributed by atoms with Crippen LogP contribution in [0.25, 0.3) is 0 Å². The van der Waals surface area contributed by atoms with Crippen molar-refractivity contribution < 1.29 is 13.9 Å². The van der Waals surface area contributed by atoms with Gasteiger partial charge in [-0.1, -0.05) is 6.07 Å². The van der Waals surface area contributed by atoms with Gasteiger partial charge in [-0.15, -0.1) is 0 Å². The lowest BCUT2D eigenvalue weighted by molar-refractivity contribution is 0.102. The van der Waals surface area contributed by atoms with Crippen molar-refractivity contribution in [2.75, 3.05) is 11.9 Å². The van der Waals surface area contributed by atoms with Crippen LogP contribution in [0.3, 0.4) is 0 Å². The van der Waals surface area contributed by atoms with Crippen molar-refractivity contribution in [3.63, 3.8) is 0 Å². The maximum absolute atomic E-state index is 13.0. The number of hydrogen-bond acceptors (Lipinski definition) is 3. The fraction of sp³-hybridized carbons (Fsp3) is 0.143. The first-order valence-corrected chi connectivity index (χ1v) is 5.85. The second-order valence-electron chi connectivity index (χ2n) is 3.75. The van der Waals surface area contributed by atoms with E-state index in [1.54, 1.807) is 24.4 Å². The van der Waals surface area contributed by atoms with E-state index in [9.17, 15) is 9.18 Å². The molecule has 19 heavy (non-hydrogen) atoms. The molecule has 0 fully saturated rings. The van der Waals surface area contributed by atoms with Gasteiger partial charge in [0.25, 0.3) is 5.91 Å². The molecule has 1 heterocycles. The molecule has 4 nitrogen and oxygen atoms in total. The van der Waals surface area contributed by atoms with Gasteiger partial charge in [-0.05, 0) is 37.3 Å². The summed E-state index contributed by atoms with van der Waals surface area (Å²) in [6, 6.07) is 8.94. The van der Waals surface area contributed by atoms with Crippen molar-refractivity contribution in [1.29, 1.82) is 0 Å². The first-order chi connectivity index (χ1) is 9.20. The van der Waals surface area contributed by atoms with Crippen molar-refractivity contribution in [2.45, 2.75) is 6.92 Å². The zero-order valence-corrected chi connectivity index (χ0v) is 10.4. The average molecular weight is 260 g/mol. The lowest BCUT2D eigenvalue weighted by Crippen LogP contribution is -2.14. The summed E-state index contributed by atoms with van der Waals surface area (Å²) < 4.78 is 18.3. The van der Waals surface area contributed by atoms with Gasteiger partial charge in [0, 0.05) is 11.9 Å². The molecule has 0 saturated carbocycles. The van der Waals surface area contributed by atoms with Gasteiger partial charge in [-0.25, -0.2) is 9.37 Å².